The van der Waals surface area contributed by atoms with E-state index < -0.39 is 17.3 Å². The van der Waals surface area contributed by atoms with Crippen LogP contribution in [0.4, 0.5) is 9.52 Å². The van der Waals surface area contributed by atoms with Crippen molar-refractivity contribution in [2.45, 2.75) is 6.92 Å². The van der Waals surface area contributed by atoms with E-state index in [0.29, 0.717) is 39.1 Å². The van der Waals surface area contributed by atoms with Crippen molar-refractivity contribution in [2.75, 3.05) is 11.6 Å². The zero-order chi connectivity index (χ0) is 24.4. The third-order valence-electron chi connectivity index (χ3n) is 5.10. The van der Waals surface area contributed by atoms with Crippen LogP contribution in [0.1, 0.15) is 22.8 Å². The number of halogens is 1. The first-order valence-corrected chi connectivity index (χ1v) is 11.5. The molecule has 5 aromatic rings. The summed E-state index contributed by atoms with van der Waals surface area (Å²) in [5, 5.41) is 6.15. The Kier molecular flexibility index (Phi) is 6.07. The largest absolute Gasteiger partial charge is 0.494 e. The normalized spacial score (nSPS) is 11.4. The summed E-state index contributed by atoms with van der Waals surface area (Å²) in [6, 6.07) is 19.7. The van der Waals surface area contributed by atoms with Crippen LogP contribution in [0.15, 0.2) is 87.1 Å². The lowest BCUT2D eigenvalue weighted by Gasteiger charge is -2.13. The van der Waals surface area contributed by atoms with Gasteiger partial charge in [0.1, 0.15) is 22.7 Å². The van der Waals surface area contributed by atoms with Crippen LogP contribution in [0.2, 0.25) is 0 Å². The van der Waals surface area contributed by atoms with Crippen LogP contribution in [-0.2, 0) is 0 Å². The van der Waals surface area contributed by atoms with Crippen molar-refractivity contribution >= 4 is 49.8 Å². The molecule has 0 atom stereocenters. The van der Waals surface area contributed by atoms with E-state index in [-0.39, 0.29) is 10.7 Å². The first-order valence-electron chi connectivity index (χ1n) is 10.7. The van der Waals surface area contributed by atoms with Crippen LogP contribution >= 0.6 is 11.3 Å². The molecule has 0 aliphatic carbocycles. The van der Waals surface area contributed by atoms with Gasteiger partial charge in [-0.05, 0) is 67.1 Å². The van der Waals surface area contributed by atoms with E-state index in [1.54, 1.807) is 48.5 Å². The molecule has 0 bridgehead atoms. The number of ether oxygens (including phenoxy) is 1. The van der Waals surface area contributed by atoms with Crippen LogP contribution in [-0.4, -0.2) is 23.7 Å². The number of aromatic nitrogens is 1. The summed E-state index contributed by atoms with van der Waals surface area (Å²) in [5.41, 5.74) is 0.587. The standard InChI is InChI=1S/C26H18FN3O4S/c1-2-33-19-10-7-16(8-11-19)15-28-30(26-29-21-12-9-18(27)14-23(21)35-26)24(31)20-13-17-5-3-4-6-22(17)34-25(20)32/h3-15H,2H2,1H3/b28-15+. The average Bonchev–Trinajstić information content (AvgIpc) is 3.27. The fraction of sp³-hybridized carbons (Fsp3) is 0.0769. The highest BCUT2D eigenvalue weighted by Gasteiger charge is 2.25. The lowest BCUT2D eigenvalue weighted by atomic mass is 10.2. The number of anilines is 1. The summed E-state index contributed by atoms with van der Waals surface area (Å²) in [6.07, 6.45) is 1.48. The second kappa shape index (κ2) is 9.47. The van der Waals surface area contributed by atoms with Crippen molar-refractivity contribution in [3.63, 3.8) is 0 Å². The number of amides is 1. The van der Waals surface area contributed by atoms with Crippen molar-refractivity contribution < 1.29 is 18.3 Å². The second-order valence-corrected chi connectivity index (χ2v) is 8.47. The number of benzene rings is 3. The van der Waals surface area contributed by atoms with Gasteiger partial charge in [-0.3, -0.25) is 4.79 Å². The number of carbonyl (C=O) groups is 1. The molecule has 0 radical (unpaired) electrons. The third kappa shape index (κ3) is 4.67. The van der Waals surface area contributed by atoms with Gasteiger partial charge in [0.25, 0.3) is 5.91 Å². The fourth-order valence-electron chi connectivity index (χ4n) is 3.43. The molecule has 174 valence electrons. The highest BCUT2D eigenvalue weighted by Crippen LogP contribution is 2.30. The van der Waals surface area contributed by atoms with Crippen LogP contribution in [0.3, 0.4) is 0 Å². The molecule has 0 aliphatic rings. The Bertz CT molecular complexity index is 1630. The molecule has 0 N–H and O–H groups in total. The summed E-state index contributed by atoms with van der Waals surface area (Å²) in [4.78, 5) is 30.6. The van der Waals surface area contributed by atoms with Crippen molar-refractivity contribution in [2.24, 2.45) is 5.10 Å². The molecule has 5 rings (SSSR count). The second-order valence-electron chi connectivity index (χ2n) is 7.46. The molecule has 7 nitrogen and oxygen atoms in total. The zero-order valence-corrected chi connectivity index (χ0v) is 19.3. The maximum absolute atomic E-state index is 13.7. The number of hydrazone groups is 1. The third-order valence-corrected chi connectivity index (χ3v) is 6.09. The Balaban J connectivity index is 1.57. The van der Waals surface area contributed by atoms with Crippen LogP contribution < -0.4 is 15.4 Å². The van der Waals surface area contributed by atoms with E-state index in [1.807, 2.05) is 6.92 Å². The van der Waals surface area contributed by atoms with Gasteiger partial charge in [-0.25, -0.2) is 14.2 Å². The topological polar surface area (TPSA) is 85.0 Å². The molecular weight excluding hydrogens is 469 g/mol. The summed E-state index contributed by atoms with van der Waals surface area (Å²) < 4.78 is 25.1. The molecule has 35 heavy (non-hydrogen) atoms. The van der Waals surface area contributed by atoms with E-state index in [0.717, 1.165) is 16.3 Å². The van der Waals surface area contributed by atoms with Gasteiger partial charge in [-0.15, -0.1) is 0 Å². The molecule has 1 amide bonds. The quantitative estimate of drug-likeness (QED) is 0.176. The minimum atomic E-state index is -0.790. The Morgan fingerprint density at radius 2 is 1.94 bits per heavy atom. The summed E-state index contributed by atoms with van der Waals surface area (Å²) >= 11 is 1.08. The highest BCUT2D eigenvalue weighted by molar-refractivity contribution is 7.22. The number of thiazole rings is 1. The Morgan fingerprint density at radius 3 is 2.74 bits per heavy atom. The van der Waals surface area contributed by atoms with Crippen molar-refractivity contribution in [1.29, 1.82) is 0 Å². The van der Waals surface area contributed by atoms with Crippen molar-refractivity contribution in [1.82, 2.24) is 4.98 Å². The van der Waals surface area contributed by atoms with Crippen molar-refractivity contribution in [3.8, 4) is 5.75 Å². The first-order chi connectivity index (χ1) is 17.0. The molecule has 3 aromatic carbocycles. The summed E-state index contributed by atoms with van der Waals surface area (Å²) in [5.74, 6) is -0.426. The van der Waals surface area contributed by atoms with Gasteiger partial charge in [0, 0.05) is 5.39 Å². The Labute approximate surface area is 202 Å². The lowest BCUT2D eigenvalue weighted by molar-refractivity contribution is 0.0984. The molecule has 9 heteroatoms. The number of para-hydroxylation sites is 1. The predicted molar refractivity (Wildman–Crippen MR) is 134 cm³/mol. The number of carbonyl (C=O) groups excluding carboxylic acids is 1. The van der Waals surface area contributed by atoms with Gasteiger partial charge in [0.15, 0.2) is 0 Å². The molecule has 2 aromatic heterocycles. The maximum atomic E-state index is 13.7. The summed E-state index contributed by atoms with van der Waals surface area (Å²) in [6.45, 7) is 2.44. The SMILES string of the molecule is CCOc1ccc(/C=N/N(C(=O)c2cc3ccccc3oc2=O)c2nc3ccc(F)cc3s2)cc1. The molecule has 0 unspecified atom stereocenters. The minimum absolute atomic E-state index is 0.186. The van der Waals surface area contributed by atoms with E-state index >= 15 is 0 Å². The van der Waals surface area contributed by atoms with E-state index in [4.69, 9.17) is 9.15 Å². The Hall–Kier alpha value is -4.37. The van der Waals surface area contributed by atoms with E-state index in [9.17, 15) is 14.0 Å². The van der Waals surface area contributed by atoms with Gasteiger partial charge < -0.3 is 9.15 Å². The van der Waals surface area contributed by atoms with E-state index in [2.05, 4.69) is 10.1 Å². The first kappa shape index (κ1) is 22.4. The molecule has 0 spiro atoms. The smallest absolute Gasteiger partial charge is 0.349 e. The monoisotopic (exact) mass is 487 g/mol. The van der Waals surface area contributed by atoms with Gasteiger partial charge in [0.2, 0.25) is 5.13 Å². The minimum Gasteiger partial charge on any atom is -0.494 e. The fourth-order valence-corrected chi connectivity index (χ4v) is 4.38. The lowest BCUT2D eigenvalue weighted by Crippen LogP contribution is -2.30. The molecule has 2 heterocycles. The Morgan fingerprint density at radius 1 is 1.14 bits per heavy atom. The molecule has 0 saturated carbocycles. The molecular formula is C26H18FN3O4S. The maximum Gasteiger partial charge on any atom is 0.349 e. The summed E-state index contributed by atoms with van der Waals surface area (Å²) in [7, 11) is 0. The molecule has 0 fully saturated rings. The number of hydrogen-bond acceptors (Lipinski definition) is 7. The van der Waals surface area contributed by atoms with Crippen LogP contribution in [0, 0.1) is 5.82 Å². The average molecular weight is 488 g/mol. The number of rotatable bonds is 6. The molecule has 0 aliphatic heterocycles. The van der Waals surface area contributed by atoms with Crippen molar-refractivity contribution in [3.05, 3.63) is 100 Å². The van der Waals surface area contributed by atoms with Crippen LogP contribution in [0.25, 0.3) is 21.2 Å². The highest BCUT2D eigenvalue weighted by atomic mass is 32.1. The number of nitrogens with zero attached hydrogens (tertiary/aromatic N) is 3. The van der Waals surface area contributed by atoms with Gasteiger partial charge in [-0.1, -0.05) is 29.5 Å². The van der Waals surface area contributed by atoms with Gasteiger partial charge >= 0.3 is 5.63 Å². The zero-order valence-electron chi connectivity index (χ0n) is 18.5. The van der Waals surface area contributed by atoms with Crippen LogP contribution in [0.5, 0.6) is 5.75 Å². The number of fused-ring (bicyclic) bond motifs is 2. The van der Waals surface area contributed by atoms with Gasteiger partial charge in [-0.2, -0.15) is 10.1 Å². The predicted octanol–water partition coefficient (Wildman–Crippen LogP) is 5.62. The van der Waals surface area contributed by atoms with Gasteiger partial charge in [0.05, 0.1) is 23.0 Å². The molecule has 0 saturated heterocycles. The van der Waals surface area contributed by atoms with E-state index in [1.165, 1.54) is 30.5 Å². The number of hydrogen-bond donors (Lipinski definition) is 0.